The summed E-state index contributed by atoms with van der Waals surface area (Å²) in [6, 6.07) is 8.76. The lowest BCUT2D eigenvalue weighted by atomic mass is 10.1. The Morgan fingerprint density at radius 1 is 1.12 bits per heavy atom. The van der Waals surface area contributed by atoms with Gasteiger partial charge >= 0.3 is 0 Å². The number of ketones is 1. The summed E-state index contributed by atoms with van der Waals surface area (Å²) in [6.07, 6.45) is 2.19. The highest BCUT2D eigenvalue weighted by molar-refractivity contribution is 6.42. The molecule has 4 heteroatoms. The lowest BCUT2D eigenvalue weighted by molar-refractivity contribution is -0.118. The molecule has 2 nitrogen and oxygen atoms in total. The van der Waals surface area contributed by atoms with E-state index in [1.54, 1.807) is 36.6 Å². The van der Waals surface area contributed by atoms with E-state index in [0.29, 0.717) is 28.6 Å². The van der Waals surface area contributed by atoms with E-state index in [4.69, 9.17) is 27.6 Å². The van der Waals surface area contributed by atoms with Crippen LogP contribution in [0.4, 0.5) is 0 Å². The van der Waals surface area contributed by atoms with Gasteiger partial charge in [0.2, 0.25) is 0 Å². The highest BCUT2D eigenvalue weighted by atomic mass is 35.5. The Balaban J connectivity index is 2.00. The van der Waals surface area contributed by atoms with Gasteiger partial charge in [0.1, 0.15) is 11.5 Å². The number of Topliss-reactive ketones (excluding diaryl/α,β-unsaturated/α-hetero) is 1. The van der Waals surface area contributed by atoms with Crippen LogP contribution in [0.5, 0.6) is 0 Å². The third-order valence-corrected chi connectivity index (χ3v) is 3.08. The molecule has 17 heavy (non-hydrogen) atoms. The lowest BCUT2D eigenvalue weighted by Gasteiger charge is -2.02. The number of rotatable bonds is 4. The minimum Gasteiger partial charge on any atom is -0.469 e. The van der Waals surface area contributed by atoms with Crippen LogP contribution in [0.1, 0.15) is 11.3 Å². The van der Waals surface area contributed by atoms with Crippen molar-refractivity contribution in [3.8, 4) is 0 Å². The van der Waals surface area contributed by atoms with Gasteiger partial charge in [-0.2, -0.15) is 0 Å². The zero-order valence-corrected chi connectivity index (χ0v) is 10.5. The SMILES string of the molecule is O=C(Cc1ccc(Cl)c(Cl)c1)Cc1ccco1. The van der Waals surface area contributed by atoms with Crippen LogP contribution in [0.25, 0.3) is 0 Å². The number of hydrogen-bond acceptors (Lipinski definition) is 2. The molecule has 88 valence electrons. The van der Waals surface area contributed by atoms with E-state index < -0.39 is 0 Å². The van der Waals surface area contributed by atoms with Crippen LogP contribution in [-0.4, -0.2) is 5.78 Å². The van der Waals surface area contributed by atoms with Gasteiger partial charge in [-0.15, -0.1) is 0 Å². The molecule has 0 saturated heterocycles. The smallest absolute Gasteiger partial charge is 0.144 e. The Hall–Kier alpha value is -1.25. The lowest BCUT2D eigenvalue weighted by Crippen LogP contribution is -2.05. The maximum absolute atomic E-state index is 11.7. The molecular formula is C13H10Cl2O2. The molecule has 1 aromatic carbocycles. The van der Waals surface area contributed by atoms with Crippen molar-refractivity contribution in [3.63, 3.8) is 0 Å². The second kappa shape index (κ2) is 5.39. The molecule has 0 radical (unpaired) electrons. The van der Waals surface area contributed by atoms with Crippen molar-refractivity contribution in [2.75, 3.05) is 0 Å². The Labute approximate surface area is 109 Å². The van der Waals surface area contributed by atoms with Gasteiger partial charge in [-0.1, -0.05) is 29.3 Å². The van der Waals surface area contributed by atoms with Crippen LogP contribution in [0, 0.1) is 0 Å². The molecule has 0 amide bonds. The number of carbonyl (C=O) groups is 1. The third kappa shape index (κ3) is 3.35. The first-order valence-corrected chi connectivity index (χ1v) is 5.89. The van der Waals surface area contributed by atoms with Crippen LogP contribution in [-0.2, 0) is 17.6 Å². The van der Waals surface area contributed by atoms with Crippen molar-refractivity contribution in [1.29, 1.82) is 0 Å². The predicted molar refractivity (Wildman–Crippen MR) is 67.6 cm³/mol. The fraction of sp³-hybridized carbons (Fsp3) is 0.154. The van der Waals surface area contributed by atoms with Crippen molar-refractivity contribution in [3.05, 3.63) is 58.0 Å². The summed E-state index contributed by atoms with van der Waals surface area (Å²) < 4.78 is 5.12. The van der Waals surface area contributed by atoms with E-state index in [-0.39, 0.29) is 5.78 Å². The van der Waals surface area contributed by atoms with E-state index in [2.05, 4.69) is 0 Å². The summed E-state index contributed by atoms with van der Waals surface area (Å²) in [5.41, 5.74) is 0.857. The van der Waals surface area contributed by atoms with Crippen LogP contribution >= 0.6 is 23.2 Å². The molecule has 0 N–H and O–H groups in total. The standard InChI is InChI=1S/C13H10Cl2O2/c14-12-4-3-9(7-13(12)15)6-10(16)8-11-2-1-5-17-11/h1-5,7H,6,8H2. The van der Waals surface area contributed by atoms with Crippen molar-refractivity contribution in [2.24, 2.45) is 0 Å². The monoisotopic (exact) mass is 268 g/mol. The van der Waals surface area contributed by atoms with Gasteiger partial charge in [0.05, 0.1) is 22.7 Å². The van der Waals surface area contributed by atoms with E-state index in [0.717, 1.165) is 5.56 Å². The number of furan rings is 1. The molecule has 0 bridgehead atoms. The molecule has 1 aromatic heterocycles. The van der Waals surface area contributed by atoms with E-state index in [9.17, 15) is 4.79 Å². The number of halogens is 2. The van der Waals surface area contributed by atoms with Crippen LogP contribution < -0.4 is 0 Å². The quantitative estimate of drug-likeness (QED) is 0.841. The second-order valence-corrected chi connectivity index (χ2v) is 4.53. The Morgan fingerprint density at radius 2 is 1.94 bits per heavy atom. The molecule has 2 rings (SSSR count). The van der Waals surface area contributed by atoms with Crippen molar-refractivity contribution in [1.82, 2.24) is 0 Å². The summed E-state index contributed by atoms with van der Waals surface area (Å²) >= 11 is 11.7. The molecule has 0 aliphatic heterocycles. The van der Waals surface area contributed by atoms with E-state index in [1.165, 1.54) is 0 Å². The van der Waals surface area contributed by atoms with Gasteiger partial charge < -0.3 is 4.42 Å². The van der Waals surface area contributed by atoms with Crippen LogP contribution in [0.2, 0.25) is 10.0 Å². The van der Waals surface area contributed by atoms with Crippen molar-refractivity contribution < 1.29 is 9.21 Å². The molecular weight excluding hydrogens is 259 g/mol. The summed E-state index contributed by atoms with van der Waals surface area (Å²) in [6.45, 7) is 0. The predicted octanol–water partition coefficient (Wildman–Crippen LogP) is 3.94. The van der Waals surface area contributed by atoms with Gasteiger partial charge in [0.15, 0.2) is 0 Å². The molecule has 0 spiro atoms. The zero-order valence-electron chi connectivity index (χ0n) is 8.95. The molecule has 0 aliphatic carbocycles. The van der Waals surface area contributed by atoms with E-state index in [1.807, 2.05) is 0 Å². The fourth-order valence-electron chi connectivity index (χ4n) is 1.55. The topological polar surface area (TPSA) is 30.2 Å². The molecule has 0 aliphatic rings. The van der Waals surface area contributed by atoms with Gasteiger partial charge in [-0.25, -0.2) is 0 Å². The number of benzene rings is 1. The minimum absolute atomic E-state index is 0.0818. The average Bonchev–Trinajstić information content (AvgIpc) is 2.76. The highest BCUT2D eigenvalue weighted by Crippen LogP contribution is 2.23. The first-order chi connectivity index (χ1) is 8.15. The molecule has 1 heterocycles. The van der Waals surface area contributed by atoms with Crippen molar-refractivity contribution in [2.45, 2.75) is 12.8 Å². The maximum Gasteiger partial charge on any atom is 0.144 e. The first kappa shape index (κ1) is 12.2. The molecule has 0 unspecified atom stereocenters. The Kier molecular flexibility index (Phi) is 3.87. The maximum atomic E-state index is 11.7. The Morgan fingerprint density at radius 3 is 2.59 bits per heavy atom. The summed E-state index contributed by atoms with van der Waals surface area (Å²) in [7, 11) is 0. The van der Waals surface area contributed by atoms with Gasteiger partial charge in [0, 0.05) is 6.42 Å². The molecule has 2 aromatic rings. The van der Waals surface area contributed by atoms with Gasteiger partial charge in [-0.3, -0.25) is 4.79 Å². The molecule has 0 fully saturated rings. The molecule has 0 atom stereocenters. The van der Waals surface area contributed by atoms with Crippen LogP contribution in [0.15, 0.2) is 41.0 Å². The van der Waals surface area contributed by atoms with E-state index >= 15 is 0 Å². The number of carbonyl (C=O) groups excluding carboxylic acids is 1. The Bertz CT molecular complexity index is 518. The average molecular weight is 269 g/mol. The second-order valence-electron chi connectivity index (χ2n) is 3.72. The molecule has 0 saturated carbocycles. The largest absolute Gasteiger partial charge is 0.469 e. The summed E-state index contributed by atoms with van der Waals surface area (Å²) in [5, 5.41) is 0.962. The fourth-order valence-corrected chi connectivity index (χ4v) is 1.87. The zero-order chi connectivity index (χ0) is 12.3. The van der Waals surface area contributed by atoms with Crippen molar-refractivity contribution >= 4 is 29.0 Å². The summed E-state index contributed by atoms with van der Waals surface area (Å²) in [4.78, 5) is 11.7. The minimum atomic E-state index is 0.0818. The highest BCUT2D eigenvalue weighted by Gasteiger charge is 2.08. The van der Waals surface area contributed by atoms with Gasteiger partial charge in [0.25, 0.3) is 0 Å². The van der Waals surface area contributed by atoms with Crippen LogP contribution in [0.3, 0.4) is 0 Å². The third-order valence-electron chi connectivity index (χ3n) is 2.34. The van der Waals surface area contributed by atoms with Gasteiger partial charge in [-0.05, 0) is 29.8 Å². The first-order valence-electron chi connectivity index (χ1n) is 5.13. The summed E-state index contributed by atoms with van der Waals surface area (Å²) in [5.74, 6) is 0.758. The normalized spacial score (nSPS) is 10.5. The number of hydrogen-bond donors (Lipinski definition) is 0.